The Labute approximate surface area is 132 Å². The molecule has 22 heavy (non-hydrogen) atoms. The first-order valence-corrected chi connectivity index (χ1v) is 7.63. The number of aliphatic carboxylic acids is 1. The lowest BCUT2D eigenvalue weighted by Gasteiger charge is -2.14. The van der Waals surface area contributed by atoms with Gasteiger partial charge >= 0.3 is 5.97 Å². The summed E-state index contributed by atoms with van der Waals surface area (Å²) in [7, 11) is 1.75. The summed E-state index contributed by atoms with van der Waals surface area (Å²) < 4.78 is 1.70. The minimum atomic E-state index is -1.00. The van der Waals surface area contributed by atoms with Gasteiger partial charge in [-0.2, -0.15) is 0 Å². The van der Waals surface area contributed by atoms with Crippen LogP contribution in [0.25, 0.3) is 10.9 Å². The summed E-state index contributed by atoms with van der Waals surface area (Å²) in [6, 6.07) is 6.56. The van der Waals surface area contributed by atoms with Crippen molar-refractivity contribution in [2.24, 2.45) is 13.0 Å². The summed E-state index contributed by atoms with van der Waals surface area (Å²) in [5.74, 6) is -1.05. The Kier molecular flexibility index (Phi) is 3.83. The zero-order valence-electron chi connectivity index (χ0n) is 12.2. The highest BCUT2D eigenvalue weighted by molar-refractivity contribution is 6.38. The van der Waals surface area contributed by atoms with E-state index in [1.807, 2.05) is 24.3 Å². The number of carboxylic acids is 1. The number of carbonyl (C=O) groups is 2. The number of aromatic nitrogens is 1. The zero-order chi connectivity index (χ0) is 15.9. The smallest absolute Gasteiger partial charge is 0.326 e. The first kappa shape index (κ1) is 14.9. The minimum absolute atomic E-state index is 0.296. The van der Waals surface area contributed by atoms with Crippen molar-refractivity contribution < 1.29 is 14.7 Å². The van der Waals surface area contributed by atoms with Crippen LogP contribution in [0.1, 0.15) is 29.8 Å². The summed E-state index contributed by atoms with van der Waals surface area (Å²) in [5, 5.41) is 13.0. The van der Waals surface area contributed by atoms with Gasteiger partial charge in [0.15, 0.2) is 0 Å². The van der Waals surface area contributed by atoms with Crippen LogP contribution >= 0.6 is 11.6 Å². The minimum Gasteiger partial charge on any atom is -0.480 e. The monoisotopic (exact) mass is 320 g/mol. The van der Waals surface area contributed by atoms with E-state index in [4.69, 9.17) is 11.6 Å². The SMILES string of the molecule is Cn1c(C(=O)NC(CC2CC2)C(=O)O)c(Cl)c2ccccc21. The molecule has 1 aromatic carbocycles. The van der Waals surface area contributed by atoms with Crippen LogP contribution < -0.4 is 5.32 Å². The first-order valence-electron chi connectivity index (χ1n) is 7.25. The average molecular weight is 321 g/mol. The van der Waals surface area contributed by atoms with Gasteiger partial charge in [0.25, 0.3) is 5.91 Å². The van der Waals surface area contributed by atoms with E-state index in [0.29, 0.717) is 23.1 Å². The van der Waals surface area contributed by atoms with E-state index in [-0.39, 0.29) is 0 Å². The molecule has 1 aliphatic rings. The zero-order valence-corrected chi connectivity index (χ0v) is 12.9. The quantitative estimate of drug-likeness (QED) is 0.890. The number of halogens is 1. The second kappa shape index (κ2) is 5.65. The molecule has 1 atom stereocenters. The second-order valence-electron chi connectivity index (χ2n) is 5.78. The molecule has 0 aliphatic heterocycles. The Balaban J connectivity index is 1.89. The van der Waals surface area contributed by atoms with E-state index >= 15 is 0 Å². The predicted octanol–water partition coefficient (Wildman–Crippen LogP) is 2.81. The third kappa shape index (κ3) is 2.68. The summed E-state index contributed by atoms with van der Waals surface area (Å²) in [6.45, 7) is 0. The van der Waals surface area contributed by atoms with E-state index in [2.05, 4.69) is 5.32 Å². The molecule has 0 saturated heterocycles. The standard InChI is InChI=1S/C16H17ClN2O3/c1-19-12-5-3-2-4-10(12)13(17)14(19)15(20)18-11(16(21)22)8-9-6-7-9/h2-5,9,11H,6-8H2,1H3,(H,18,20)(H,21,22). The molecule has 6 heteroatoms. The largest absolute Gasteiger partial charge is 0.480 e. The van der Waals surface area contributed by atoms with Gasteiger partial charge in [-0.1, -0.05) is 42.6 Å². The third-order valence-corrected chi connectivity index (χ3v) is 4.51. The molecule has 2 N–H and O–H groups in total. The van der Waals surface area contributed by atoms with E-state index in [1.165, 1.54) is 0 Å². The van der Waals surface area contributed by atoms with Crippen molar-refractivity contribution in [1.29, 1.82) is 0 Å². The molecule has 1 fully saturated rings. The van der Waals surface area contributed by atoms with Crippen molar-refractivity contribution in [1.82, 2.24) is 9.88 Å². The van der Waals surface area contributed by atoms with E-state index < -0.39 is 17.9 Å². The molecule has 5 nitrogen and oxygen atoms in total. The van der Waals surface area contributed by atoms with Crippen molar-refractivity contribution in [3.05, 3.63) is 35.0 Å². The van der Waals surface area contributed by atoms with Crippen LogP contribution in [0.4, 0.5) is 0 Å². The maximum atomic E-state index is 12.5. The van der Waals surface area contributed by atoms with Gasteiger partial charge in [0.1, 0.15) is 11.7 Å². The van der Waals surface area contributed by atoms with Crippen LogP contribution in [0.3, 0.4) is 0 Å². The molecule has 2 aromatic rings. The van der Waals surface area contributed by atoms with Crippen molar-refractivity contribution in [2.45, 2.75) is 25.3 Å². The molecule has 116 valence electrons. The summed E-state index contributed by atoms with van der Waals surface area (Å²) in [6.07, 6.45) is 2.55. The van der Waals surface area contributed by atoms with Crippen LogP contribution in [-0.2, 0) is 11.8 Å². The average Bonchev–Trinajstić information content (AvgIpc) is 3.26. The van der Waals surface area contributed by atoms with Gasteiger partial charge in [-0.25, -0.2) is 4.79 Å². The number of carboxylic acid groups (broad SMARTS) is 1. The highest BCUT2D eigenvalue weighted by Gasteiger charge is 2.31. The topological polar surface area (TPSA) is 71.3 Å². The number of para-hydroxylation sites is 1. The van der Waals surface area contributed by atoms with Gasteiger partial charge < -0.3 is 15.0 Å². The van der Waals surface area contributed by atoms with E-state index in [1.54, 1.807) is 11.6 Å². The number of carbonyl (C=O) groups excluding carboxylic acids is 1. The number of rotatable bonds is 5. The van der Waals surface area contributed by atoms with Gasteiger partial charge in [0.05, 0.1) is 5.02 Å². The van der Waals surface area contributed by atoms with E-state index in [0.717, 1.165) is 23.7 Å². The number of nitrogens with zero attached hydrogens (tertiary/aromatic N) is 1. The fraction of sp³-hybridized carbons (Fsp3) is 0.375. The van der Waals surface area contributed by atoms with Crippen molar-refractivity contribution >= 4 is 34.4 Å². The summed E-state index contributed by atoms with van der Waals surface area (Å²) in [4.78, 5) is 23.8. The summed E-state index contributed by atoms with van der Waals surface area (Å²) >= 11 is 6.31. The molecule has 1 amide bonds. The van der Waals surface area contributed by atoms with Crippen LogP contribution in [0.2, 0.25) is 5.02 Å². The van der Waals surface area contributed by atoms with Gasteiger partial charge in [0, 0.05) is 18.0 Å². The lowest BCUT2D eigenvalue weighted by Crippen LogP contribution is -2.41. The molecule has 0 spiro atoms. The molecule has 0 bridgehead atoms. The molecular weight excluding hydrogens is 304 g/mol. The molecule has 3 rings (SSSR count). The fourth-order valence-electron chi connectivity index (χ4n) is 2.73. The molecular formula is C16H17ClN2O3. The number of hydrogen-bond donors (Lipinski definition) is 2. The van der Waals surface area contributed by atoms with E-state index in [9.17, 15) is 14.7 Å². The highest BCUT2D eigenvalue weighted by atomic mass is 35.5. The number of benzene rings is 1. The third-order valence-electron chi connectivity index (χ3n) is 4.13. The fourth-order valence-corrected chi connectivity index (χ4v) is 3.11. The Morgan fingerprint density at radius 1 is 1.41 bits per heavy atom. The predicted molar refractivity (Wildman–Crippen MR) is 84.2 cm³/mol. The molecule has 1 unspecified atom stereocenters. The molecule has 1 saturated carbocycles. The van der Waals surface area contributed by atoms with Gasteiger partial charge in [-0.3, -0.25) is 4.79 Å². The van der Waals surface area contributed by atoms with Crippen LogP contribution in [0.5, 0.6) is 0 Å². The molecule has 0 radical (unpaired) electrons. The molecule has 1 aromatic heterocycles. The Morgan fingerprint density at radius 3 is 2.68 bits per heavy atom. The van der Waals surface area contributed by atoms with Crippen LogP contribution in [0.15, 0.2) is 24.3 Å². The van der Waals surface area contributed by atoms with Crippen LogP contribution in [-0.4, -0.2) is 27.6 Å². The molecule has 1 heterocycles. The number of amides is 1. The maximum absolute atomic E-state index is 12.5. The Bertz CT molecular complexity index is 710. The number of fused-ring (bicyclic) bond motifs is 1. The van der Waals surface area contributed by atoms with Gasteiger partial charge in [-0.05, 0) is 18.4 Å². The lowest BCUT2D eigenvalue weighted by atomic mass is 10.1. The Hall–Kier alpha value is -2.01. The Morgan fingerprint density at radius 2 is 2.09 bits per heavy atom. The highest BCUT2D eigenvalue weighted by Crippen LogP contribution is 2.34. The second-order valence-corrected chi connectivity index (χ2v) is 6.16. The number of hydrogen-bond acceptors (Lipinski definition) is 2. The lowest BCUT2D eigenvalue weighted by molar-refractivity contribution is -0.139. The normalized spacial score (nSPS) is 15.7. The first-order chi connectivity index (χ1) is 10.5. The van der Waals surface area contributed by atoms with Gasteiger partial charge in [0.2, 0.25) is 0 Å². The number of aryl methyl sites for hydroxylation is 1. The summed E-state index contributed by atoms with van der Waals surface area (Å²) in [5.41, 5.74) is 1.14. The van der Waals surface area contributed by atoms with Crippen LogP contribution in [0, 0.1) is 5.92 Å². The van der Waals surface area contributed by atoms with Crippen molar-refractivity contribution in [3.63, 3.8) is 0 Å². The van der Waals surface area contributed by atoms with Crippen molar-refractivity contribution in [2.75, 3.05) is 0 Å². The number of nitrogens with one attached hydrogen (secondary N) is 1. The maximum Gasteiger partial charge on any atom is 0.326 e. The molecule has 1 aliphatic carbocycles. The van der Waals surface area contributed by atoms with Crippen molar-refractivity contribution in [3.8, 4) is 0 Å². The van der Waals surface area contributed by atoms with Gasteiger partial charge in [-0.15, -0.1) is 0 Å².